The van der Waals surface area contributed by atoms with Crippen LogP contribution in [0.2, 0.25) is 0 Å². The maximum Gasteiger partial charge on any atom is 0.148 e. The lowest BCUT2D eigenvalue weighted by atomic mass is 10.1. The van der Waals surface area contributed by atoms with Gasteiger partial charge in [0, 0.05) is 52.8 Å². The molecular formula is C46H39NO3S2. The third-order valence-corrected chi connectivity index (χ3v) is 11.7. The molecule has 0 aliphatic rings. The molecule has 258 valence electrons. The number of thiophene rings is 2. The zero-order chi connectivity index (χ0) is 35.9. The summed E-state index contributed by atoms with van der Waals surface area (Å²) in [4.78, 5) is 4.77. The Morgan fingerprint density at radius 2 is 0.981 bits per heavy atom. The molecule has 0 bridgehead atoms. The van der Waals surface area contributed by atoms with Gasteiger partial charge < -0.3 is 19.1 Å². The third-order valence-electron chi connectivity index (χ3n) is 9.55. The van der Waals surface area contributed by atoms with Gasteiger partial charge >= 0.3 is 0 Å². The monoisotopic (exact) mass is 717 g/mol. The van der Waals surface area contributed by atoms with Gasteiger partial charge in [-0.3, -0.25) is 0 Å². The minimum atomic E-state index is 0.734. The number of anilines is 3. The molecule has 0 fully saturated rings. The van der Waals surface area contributed by atoms with Crippen molar-refractivity contribution >= 4 is 59.9 Å². The highest BCUT2D eigenvalue weighted by Crippen LogP contribution is 2.48. The summed E-state index contributed by atoms with van der Waals surface area (Å²) in [5, 5.41) is 2.36. The number of fused-ring (bicyclic) bond motifs is 2. The second-order valence-corrected chi connectivity index (χ2v) is 15.6. The number of hydrogen-bond acceptors (Lipinski definition) is 6. The fraction of sp³-hybridized carbons (Fsp3) is 0.130. The molecular weight excluding hydrogens is 679 g/mol. The first-order valence-corrected chi connectivity index (χ1v) is 19.1. The zero-order valence-electron chi connectivity index (χ0n) is 30.1. The molecule has 0 N–H and O–H groups in total. The van der Waals surface area contributed by atoms with Crippen LogP contribution in [0.15, 0.2) is 127 Å². The molecule has 2 aromatic heterocycles. The maximum atomic E-state index is 6.79. The second-order valence-electron chi connectivity index (χ2n) is 13.1. The summed E-state index contributed by atoms with van der Waals surface area (Å²) in [6, 6.07) is 44.0. The van der Waals surface area contributed by atoms with Crippen LogP contribution in [0.3, 0.4) is 0 Å². The minimum Gasteiger partial charge on any atom is -0.457 e. The number of aryl methyl sites for hydroxylation is 4. The summed E-state index contributed by atoms with van der Waals surface area (Å²) in [5.41, 5.74) is 7.39. The molecule has 0 aliphatic heterocycles. The SMILES string of the molecule is Cc1cc(C)c(Oc2cccc(N(c3ccccc3)c3c(C)sc4ccccc34)c2C)cc1Oc1cccc(Oc2c(C)sc3ccccc23)c1C. The Morgan fingerprint density at radius 3 is 1.67 bits per heavy atom. The highest BCUT2D eigenvalue weighted by Gasteiger charge is 2.23. The van der Waals surface area contributed by atoms with Crippen molar-refractivity contribution in [2.45, 2.75) is 41.5 Å². The lowest BCUT2D eigenvalue weighted by Crippen LogP contribution is -2.12. The van der Waals surface area contributed by atoms with Crippen LogP contribution in [0.25, 0.3) is 20.2 Å². The van der Waals surface area contributed by atoms with Crippen molar-refractivity contribution < 1.29 is 14.2 Å². The maximum absolute atomic E-state index is 6.79. The van der Waals surface area contributed by atoms with Gasteiger partial charge in [0.25, 0.3) is 0 Å². The lowest BCUT2D eigenvalue weighted by Gasteiger charge is -2.28. The first-order valence-electron chi connectivity index (χ1n) is 17.4. The standard InChI is InChI=1S/C46H39NO3S2/c1-28-26-29(2)42(49-39-22-15-23-40(31(39)4)50-46-33(6)52-44-25-13-11-19-36(44)46)27-41(28)48-38-21-14-20-37(30(38)3)47(34-16-8-7-9-17-34)45-32(5)51-43-24-12-10-18-35(43)45/h7-27H,1-6H3. The number of rotatable bonds is 9. The van der Waals surface area contributed by atoms with E-state index in [0.717, 1.165) is 78.4 Å². The molecule has 8 rings (SSSR count). The van der Waals surface area contributed by atoms with E-state index >= 15 is 0 Å². The van der Waals surface area contributed by atoms with Crippen LogP contribution in [0, 0.1) is 41.5 Å². The van der Waals surface area contributed by atoms with Gasteiger partial charge in [-0.25, -0.2) is 0 Å². The lowest BCUT2D eigenvalue weighted by molar-refractivity contribution is 0.443. The van der Waals surface area contributed by atoms with Crippen LogP contribution < -0.4 is 19.1 Å². The van der Waals surface area contributed by atoms with E-state index in [1.54, 1.807) is 11.3 Å². The number of hydrogen-bond donors (Lipinski definition) is 0. The van der Waals surface area contributed by atoms with Gasteiger partial charge in [-0.15, -0.1) is 22.7 Å². The Bertz CT molecular complexity index is 2580. The molecule has 0 unspecified atom stereocenters. The summed E-state index contributed by atoms with van der Waals surface area (Å²) in [5.74, 6) is 4.68. The molecule has 6 aromatic carbocycles. The number of nitrogens with zero attached hydrogens (tertiary/aromatic N) is 1. The summed E-state index contributed by atoms with van der Waals surface area (Å²) >= 11 is 3.57. The highest BCUT2D eigenvalue weighted by molar-refractivity contribution is 7.20. The molecule has 0 saturated heterocycles. The summed E-state index contributed by atoms with van der Waals surface area (Å²) in [7, 11) is 0. The van der Waals surface area contributed by atoms with Crippen LogP contribution in [-0.4, -0.2) is 0 Å². The van der Waals surface area contributed by atoms with E-state index in [0.29, 0.717) is 0 Å². The van der Waals surface area contributed by atoms with Crippen molar-refractivity contribution in [2.24, 2.45) is 0 Å². The largest absolute Gasteiger partial charge is 0.457 e. The van der Waals surface area contributed by atoms with Gasteiger partial charge in [-0.2, -0.15) is 0 Å². The van der Waals surface area contributed by atoms with E-state index in [1.165, 1.54) is 25.4 Å². The van der Waals surface area contributed by atoms with Crippen LogP contribution in [0.5, 0.6) is 34.5 Å². The molecule has 0 atom stereocenters. The Morgan fingerprint density at radius 1 is 0.442 bits per heavy atom. The van der Waals surface area contributed by atoms with Crippen molar-refractivity contribution in [1.29, 1.82) is 0 Å². The predicted octanol–water partition coefficient (Wildman–Crippen LogP) is 14.8. The van der Waals surface area contributed by atoms with E-state index in [-0.39, 0.29) is 0 Å². The summed E-state index contributed by atoms with van der Waals surface area (Å²) in [6.07, 6.45) is 0. The topological polar surface area (TPSA) is 30.9 Å². The second kappa shape index (κ2) is 13.9. The first kappa shape index (κ1) is 33.6. The Kier molecular flexibility index (Phi) is 8.96. The van der Waals surface area contributed by atoms with E-state index in [2.05, 4.69) is 137 Å². The first-order chi connectivity index (χ1) is 25.3. The molecule has 0 radical (unpaired) electrons. The quantitative estimate of drug-likeness (QED) is 0.149. The normalized spacial score (nSPS) is 11.3. The minimum absolute atomic E-state index is 0.734. The Hall–Kier alpha value is -5.56. The van der Waals surface area contributed by atoms with Crippen molar-refractivity contribution in [1.82, 2.24) is 0 Å². The van der Waals surface area contributed by atoms with E-state index in [9.17, 15) is 0 Å². The van der Waals surface area contributed by atoms with Gasteiger partial charge in [0.1, 0.15) is 34.5 Å². The fourth-order valence-electron chi connectivity index (χ4n) is 6.82. The molecule has 0 spiro atoms. The number of ether oxygens (including phenoxy) is 3. The molecule has 8 aromatic rings. The van der Waals surface area contributed by atoms with Gasteiger partial charge in [0.05, 0.1) is 11.4 Å². The Balaban J connectivity index is 1.13. The van der Waals surface area contributed by atoms with Crippen molar-refractivity contribution in [2.75, 3.05) is 4.90 Å². The molecule has 6 heteroatoms. The Labute approximate surface area is 313 Å². The molecule has 0 saturated carbocycles. The highest BCUT2D eigenvalue weighted by atomic mass is 32.1. The van der Waals surface area contributed by atoms with Gasteiger partial charge in [-0.1, -0.05) is 60.7 Å². The summed E-state index contributed by atoms with van der Waals surface area (Å²) < 4.78 is 22.5. The van der Waals surface area contributed by atoms with Gasteiger partial charge in [0.15, 0.2) is 0 Å². The van der Waals surface area contributed by atoms with Gasteiger partial charge in [0.2, 0.25) is 0 Å². The van der Waals surface area contributed by atoms with Crippen LogP contribution in [0.1, 0.15) is 32.0 Å². The fourth-order valence-corrected chi connectivity index (χ4v) is 8.86. The smallest absolute Gasteiger partial charge is 0.148 e. The van der Waals surface area contributed by atoms with Crippen molar-refractivity contribution in [3.8, 4) is 34.5 Å². The van der Waals surface area contributed by atoms with Crippen molar-refractivity contribution in [3.05, 3.63) is 159 Å². The molecule has 0 amide bonds. The summed E-state index contributed by atoms with van der Waals surface area (Å²) in [6.45, 7) is 12.6. The van der Waals surface area contributed by atoms with Crippen molar-refractivity contribution in [3.63, 3.8) is 0 Å². The number of para-hydroxylation sites is 1. The van der Waals surface area contributed by atoms with Crippen LogP contribution in [-0.2, 0) is 0 Å². The van der Waals surface area contributed by atoms with E-state index < -0.39 is 0 Å². The average Bonchev–Trinajstić information content (AvgIpc) is 3.65. The molecule has 0 aliphatic carbocycles. The third kappa shape index (κ3) is 6.19. The molecule has 4 nitrogen and oxygen atoms in total. The predicted molar refractivity (Wildman–Crippen MR) is 220 cm³/mol. The number of benzene rings is 6. The van der Waals surface area contributed by atoms with E-state index in [1.807, 2.05) is 48.6 Å². The zero-order valence-corrected chi connectivity index (χ0v) is 31.7. The molecule has 52 heavy (non-hydrogen) atoms. The van der Waals surface area contributed by atoms with Gasteiger partial charge in [-0.05, 0) is 113 Å². The van der Waals surface area contributed by atoms with Crippen LogP contribution >= 0.6 is 22.7 Å². The van der Waals surface area contributed by atoms with E-state index in [4.69, 9.17) is 14.2 Å². The molecule has 2 heterocycles. The average molecular weight is 718 g/mol. The van der Waals surface area contributed by atoms with Crippen LogP contribution in [0.4, 0.5) is 17.1 Å².